The fourth-order valence-corrected chi connectivity index (χ4v) is 6.22. The van der Waals surface area contributed by atoms with Crippen LogP contribution in [0.3, 0.4) is 0 Å². The molecular weight excluding hydrogens is 668 g/mol. The second-order valence-electron chi connectivity index (χ2n) is 10.7. The molecule has 0 radical (unpaired) electrons. The number of halogens is 2. The van der Waals surface area contributed by atoms with Crippen LogP contribution in [0.2, 0.25) is 0 Å². The molecular formula is C36H40Br2N2O3. The standard InChI is InChI=1S/C36H40Br2N2O3/c37-33-11-1-7-29(23-33)27-39-15-5-17-41-19-21-43-22-20-42-18-6-16-40(28-30-8-2-12-34(38)24-30)36-14-4-10-32(26-36)31-9-3-13-35(39)25-31/h1-4,7-14,23-26H,5-6,15-22,27-28H2. The molecule has 0 unspecified atom stereocenters. The molecule has 1 aliphatic heterocycles. The molecule has 5 nitrogen and oxygen atoms in total. The Bertz CT molecular complexity index is 1330. The zero-order chi connectivity index (χ0) is 29.7. The van der Waals surface area contributed by atoms with Crippen LogP contribution in [0.4, 0.5) is 11.4 Å². The van der Waals surface area contributed by atoms with Crippen molar-refractivity contribution < 1.29 is 14.2 Å². The Morgan fingerprint density at radius 1 is 0.488 bits per heavy atom. The zero-order valence-corrected chi connectivity index (χ0v) is 27.8. The molecule has 0 aliphatic carbocycles. The molecule has 4 bridgehead atoms. The van der Waals surface area contributed by atoms with E-state index in [9.17, 15) is 0 Å². The van der Waals surface area contributed by atoms with E-state index in [2.05, 4.69) is 139 Å². The lowest BCUT2D eigenvalue weighted by atomic mass is 10.0. The summed E-state index contributed by atoms with van der Waals surface area (Å²) in [4.78, 5) is 4.91. The van der Waals surface area contributed by atoms with Crippen molar-refractivity contribution in [3.8, 4) is 11.1 Å². The quantitative estimate of drug-likeness (QED) is 0.212. The van der Waals surface area contributed by atoms with E-state index in [1.54, 1.807) is 0 Å². The molecule has 226 valence electrons. The van der Waals surface area contributed by atoms with Gasteiger partial charge in [-0.25, -0.2) is 0 Å². The van der Waals surface area contributed by atoms with Gasteiger partial charge in [-0.3, -0.25) is 0 Å². The van der Waals surface area contributed by atoms with Crippen molar-refractivity contribution in [1.29, 1.82) is 0 Å². The molecule has 7 heteroatoms. The largest absolute Gasteiger partial charge is 0.379 e. The minimum absolute atomic E-state index is 0.586. The van der Waals surface area contributed by atoms with E-state index in [4.69, 9.17) is 14.2 Å². The summed E-state index contributed by atoms with van der Waals surface area (Å²) in [7, 11) is 0. The van der Waals surface area contributed by atoms with Crippen molar-refractivity contribution in [3.05, 3.63) is 117 Å². The predicted molar refractivity (Wildman–Crippen MR) is 184 cm³/mol. The van der Waals surface area contributed by atoms with E-state index < -0.39 is 0 Å². The highest BCUT2D eigenvalue weighted by Crippen LogP contribution is 2.30. The molecule has 0 amide bonds. The van der Waals surface area contributed by atoms with Crippen LogP contribution < -0.4 is 9.80 Å². The number of nitrogens with zero attached hydrogens (tertiary/aromatic N) is 2. The summed E-state index contributed by atoms with van der Waals surface area (Å²) < 4.78 is 19.7. The Balaban J connectivity index is 1.43. The number of benzene rings is 4. The molecule has 0 saturated carbocycles. The fraction of sp³-hybridized carbons (Fsp3) is 0.333. The van der Waals surface area contributed by atoms with Crippen LogP contribution in [0.25, 0.3) is 11.1 Å². The Hall–Kier alpha value is -2.68. The van der Waals surface area contributed by atoms with Gasteiger partial charge in [0.1, 0.15) is 0 Å². The van der Waals surface area contributed by atoms with E-state index in [1.165, 1.54) is 33.6 Å². The predicted octanol–water partition coefficient (Wildman–Crippen LogP) is 8.74. The number of ether oxygens (including phenoxy) is 3. The zero-order valence-electron chi connectivity index (χ0n) is 24.6. The van der Waals surface area contributed by atoms with Crippen molar-refractivity contribution >= 4 is 43.2 Å². The lowest BCUT2D eigenvalue weighted by molar-refractivity contribution is 0.0142. The molecule has 5 rings (SSSR count). The van der Waals surface area contributed by atoms with Crippen LogP contribution in [-0.2, 0) is 27.3 Å². The number of rotatable bonds is 4. The van der Waals surface area contributed by atoms with Crippen LogP contribution >= 0.6 is 31.9 Å². The van der Waals surface area contributed by atoms with E-state index in [-0.39, 0.29) is 0 Å². The summed E-state index contributed by atoms with van der Waals surface area (Å²) in [5, 5.41) is 0. The molecule has 43 heavy (non-hydrogen) atoms. The van der Waals surface area contributed by atoms with Crippen molar-refractivity contribution in [1.82, 2.24) is 0 Å². The second kappa shape index (κ2) is 17.0. The SMILES string of the molecule is Brc1cccc(CN2CCCOCCOCCOCCCN(Cc3cccc(Br)c3)c3cccc(c3)-c3cccc2c3)c1. The normalized spacial score (nSPS) is 16.0. The Morgan fingerprint density at radius 3 is 1.35 bits per heavy atom. The van der Waals surface area contributed by atoms with E-state index in [0.717, 1.165) is 48.0 Å². The van der Waals surface area contributed by atoms with E-state index >= 15 is 0 Å². The first kappa shape index (κ1) is 31.7. The maximum atomic E-state index is 5.89. The van der Waals surface area contributed by atoms with Crippen molar-refractivity contribution in [2.75, 3.05) is 62.5 Å². The van der Waals surface area contributed by atoms with Crippen LogP contribution in [0, 0.1) is 0 Å². The summed E-state index contributed by atoms with van der Waals surface area (Å²) in [5.41, 5.74) is 7.38. The van der Waals surface area contributed by atoms with Crippen LogP contribution in [0.1, 0.15) is 24.0 Å². The summed E-state index contributed by atoms with van der Waals surface area (Å²) in [6.45, 7) is 7.21. The minimum Gasteiger partial charge on any atom is -0.379 e. The Morgan fingerprint density at radius 2 is 0.907 bits per heavy atom. The minimum atomic E-state index is 0.586. The lowest BCUT2D eigenvalue weighted by Gasteiger charge is -2.27. The topological polar surface area (TPSA) is 34.2 Å². The van der Waals surface area contributed by atoms with Gasteiger partial charge in [-0.1, -0.05) is 80.4 Å². The maximum absolute atomic E-state index is 5.89. The molecule has 4 aromatic carbocycles. The van der Waals surface area contributed by atoms with Gasteiger partial charge in [-0.2, -0.15) is 0 Å². The number of hydrogen-bond donors (Lipinski definition) is 0. The van der Waals surface area contributed by atoms with E-state index in [1.807, 2.05) is 0 Å². The summed E-state index contributed by atoms with van der Waals surface area (Å²) in [6, 6.07) is 35.0. The van der Waals surface area contributed by atoms with Crippen LogP contribution in [0.5, 0.6) is 0 Å². The van der Waals surface area contributed by atoms with Crippen molar-refractivity contribution in [2.24, 2.45) is 0 Å². The van der Waals surface area contributed by atoms with Gasteiger partial charge >= 0.3 is 0 Å². The molecule has 0 spiro atoms. The summed E-state index contributed by atoms with van der Waals surface area (Å²) in [6.07, 6.45) is 1.86. The number of fused-ring (bicyclic) bond motifs is 5. The molecule has 0 N–H and O–H groups in total. The number of anilines is 2. The van der Waals surface area contributed by atoms with Crippen molar-refractivity contribution in [2.45, 2.75) is 25.9 Å². The maximum Gasteiger partial charge on any atom is 0.0701 e. The highest BCUT2D eigenvalue weighted by molar-refractivity contribution is 9.10. The van der Waals surface area contributed by atoms with Gasteiger partial charge in [-0.05, 0) is 83.6 Å². The first-order valence-electron chi connectivity index (χ1n) is 15.1. The third kappa shape index (κ3) is 10.2. The smallest absolute Gasteiger partial charge is 0.0701 e. The first-order valence-corrected chi connectivity index (χ1v) is 16.7. The molecule has 0 saturated heterocycles. The van der Waals surface area contributed by atoms with Crippen LogP contribution in [-0.4, -0.2) is 52.7 Å². The summed E-state index contributed by atoms with van der Waals surface area (Å²) >= 11 is 7.29. The summed E-state index contributed by atoms with van der Waals surface area (Å²) in [5.74, 6) is 0. The molecule has 4 aromatic rings. The van der Waals surface area contributed by atoms with Crippen LogP contribution in [0.15, 0.2) is 106 Å². The fourth-order valence-electron chi connectivity index (χ4n) is 5.33. The van der Waals surface area contributed by atoms with Gasteiger partial charge in [0.25, 0.3) is 0 Å². The lowest BCUT2D eigenvalue weighted by Crippen LogP contribution is -2.25. The average molecular weight is 709 g/mol. The van der Waals surface area contributed by atoms with Gasteiger partial charge in [0.05, 0.1) is 26.4 Å². The van der Waals surface area contributed by atoms with Gasteiger partial charge in [0.15, 0.2) is 0 Å². The first-order chi connectivity index (χ1) is 21.1. The number of hydrogen-bond acceptors (Lipinski definition) is 5. The molecule has 1 heterocycles. The Labute approximate surface area is 273 Å². The van der Waals surface area contributed by atoms with Gasteiger partial charge in [-0.15, -0.1) is 0 Å². The molecule has 0 fully saturated rings. The van der Waals surface area contributed by atoms with Gasteiger partial charge in [0, 0.05) is 59.7 Å². The highest BCUT2D eigenvalue weighted by atomic mass is 79.9. The third-order valence-corrected chi connectivity index (χ3v) is 8.44. The molecule has 1 aliphatic rings. The third-order valence-electron chi connectivity index (χ3n) is 7.46. The van der Waals surface area contributed by atoms with Gasteiger partial charge in [0.2, 0.25) is 0 Å². The average Bonchev–Trinajstić information content (AvgIpc) is 3.02. The highest BCUT2D eigenvalue weighted by Gasteiger charge is 2.13. The molecule has 0 atom stereocenters. The van der Waals surface area contributed by atoms with Crippen molar-refractivity contribution in [3.63, 3.8) is 0 Å². The second-order valence-corrected chi connectivity index (χ2v) is 12.6. The Kier molecular flexibility index (Phi) is 12.5. The molecule has 0 aromatic heterocycles. The van der Waals surface area contributed by atoms with Gasteiger partial charge < -0.3 is 24.0 Å². The monoisotopic (exact) mass is 706 g/mol. The van der Waals surface area contributed by atoms with E-state index in [0.29, 0.717) is 39.6 Å².